The van der Waals surface area contributed by atoms with Crippen LogP contribution >= 0.6 is 27.3 Å². The Morgan fingerprint density at radius 3 is 1.79 bits per heavy atom. The van der Waals surface area contributed by atoms with E-state index in [2.05, 4.69) is 29.3 Å². The van der Waals surface area contributed by atoms with Crippen LogP contribution in [0.3, 0.4) is 0 Å². The highest BCUT2D eigenvalue weighted by atomic mass is 32.2. The third-order valence-electron chi connectivity index (χ3n) is 4.35. The number of rotatable bonds is 16. The lowest BCUT2D eigenvalue weighted by molar-refractivity contribution is 0.348. The van der Waals surface area contributed by atoms with E-state index in [1.165, 1.54) is 49.2 Å². The van der Waals surface area contributed by atoms with Gasteiger partial charge in [-0.1, -0.05) is 69.6 Å². The van der Waals surface area contributed by atoms with Crippen molar-refractivity contribution >= 4 is 32.5 Å². The molecule has 0 unspecified atom stereocenters. The third kappa shape index (κ3) is 13.6. The van der Waals surface area contributed by atoms with Crippen LogP contribution in [0.2, 0.25) is 0 Å². The molecule has 0 radical (unpaired) electrons. The summed E-state index contributed by atoms with van der Waals surface area (Å²) in [5.41, 5.74) is 0. The Kier molecular flexibility index (Phi) is 13.5. The minimum absolute atomic E-state index is 0.0604. The number of benzene rings is 1. The molecule has 0 saturated carbocycles. The number of thioether (sulfide) groups is 1. The molecule has 0 bridgehead atoms. The highest BCUT2D eigenvalue weighted by molar-refractivity contribution is 8.00. The van der Waals surface area contributed by atoms with E-state index in [0.29, 0.717) is 6.42 Å². The fraction of sp³-hybridized carbons (Fsp3) is 0.632. The summed E-state index contributed by atoms with van der Waals surface area (Å²) in [5.74, 6) is 1.17. The molecule has 1 rings (SSSR count). The standard InChI is InChI=1S/C19H33NO6P2S/c21-27(22,23)19(28(24,25)26)20-16-12-7-5-3-1-2-4-6-8-13-17-29-18-14-10-9-11-15-18/h9-11,14-15,21-23H,1-8,12-13,16-17H2,(H-,24,25,26)/p+1. The molecule has 0 amide bonds. The van der Waals surface area contributed by atoms with Gasteiger partial charge in [-0.25, -0.2) is 9.56 Å². The average Bonchev–Trinajstić information content (AvgIpc) is 2.63. The minimum Gasteiger partial charge on any atom is -0.317 e. The summed E-state index contributed by atoms with van der Waals surface area (Å²) in [6, 6.07) is 10.5. The molecule has 0 aliphatic rings. The Balaban J connectivity index is 1.94. The van der Waals surface area contributed by atoms with Gasteiger partial charge in [-0.3, -0.25) is 0 Å². The van der Waals surface area contributed by atoms with Crippen LogP contribution < -0.4 is 0 Å². The number of hydrogen-bond donors (Lipinski definition) is 5. The fourth-order valence-electron chi connectivity index (χ4n) is 2.88. The van der Waals surface area contributed by atoms with Gasteiger partial charge in [0, 0.05) is 11.4 Å². The summed E-state index contributed by atoms with van der Waals surface area (Å²) in [4.78, 5) is 50.0. The molecule has 166 valence electrons. The molecule has 29 heavy (non-hydrogen) atoms. The first-order valence-corrected chi connectivity index (χ1v) is 14.3. The summed E-state index contributed by atoms with van der Waals surface area (Å²) >= 11 is 1.91. The molecule has 0 aromatic heterocycles. The van der Waals surface area contributed by atoms with Crippen molar-refractivity contribution in [2.45, 2.75) is 69.1 Å². The van der Waals surface area contributed by atoms with Gasteiger partial charge in [-0.05, 0) is 30.7 Å². The lowest BCUT2D eigenvalue weighted by atomic mass is 10.1. The van der Waals surface area contributed by atoms with E-state index < -0.39 is 20.7 Å². The number of unbranched alkanes of at least 4 members (excludes halogenated alkanes) is 9. The van der Waals surface area contributed by atoms with Gasteiger partial charge in [0.15, 0.2) is 0 Å². The summed E-state index contributed by atoms with van der Waals surface area (Å²) in [6.07, 6.45) is 11.0. The van der Waals surface area contributed by atoms with Crippen LogP contribution in [0.5, 0.6) is 0 Å². The molecule has 10 heteroatoms. The Morgan fingerprint density at radius 2 is 1.31 bits per heavy atom. The van der Waals surface area contributed by atoms with Crippen molar-refractivity contribution in [3.05, 3.63) is 30.3 Å². The van der Waals surface area contributed by atoms with Crippen molar-refractivity contribution in [3.63, 3.8) is 0 Å². The van der Waals surface area contributed by atoms with Gasteiger partial charge in [0.25, 0.3) is 0 Å². The van der Waals surface area contributed by atoms with Gasteiger partial charge in [-0.15, -0.1) is 11.8 Å². The van der Waals surface area contributed by atoms with Crippen molar-refractivity contribution in [3.8, 4) is 0 Å². The molecular formula is C19H34NO6P2S+. The summed E-state index contributed by atoms with van der Waals surface area (Å²) < 4.78 is 11.1. The highest BCUT2D eigenvalue weighted by Gasteiger charge is 2.51. The highest BCUT2D eigenvalue weighted by Crippen LogP contribution is 2.60. The van der Waals surface area contributed by atoms with E-state index in [-0.39, 0.29) is 6.54 Å². The van der Waals surface area contributed by atoms with Gasteiger partial charge >= 0.3 is 20.7 Å². The van der Waals surface area contributed by atoms with Gasteiger partial charge in [0.2, 0.25) is 0 Å². The SMILES string of the molecule is O=P(O)(O)C(=NCCCCCCCCCCCCSc1ccccc1)[P+](O)(O)O. The largest absolute Gasteiger partial charge is 0.469 e. The summed E-state index contributed by atoms with van der Waals surface area (Å²) in [6.45, 7) is 0.0604. The molecule has 0 aliphatic carbocycles. The third-order valence-corrected chi connectivity index (χ3v) is 8.37. The first-order chi connectivity index (χ1) is 13.7. The number of nitrogens with zero attached hydrogens (tertiary/aromatic N) is 1. The van der Waals surface area contributed by atoms with E-state index in [4.69, 9.17) is 24.5 Å². The first kappa shape index (κ1) is 26.7. The molecular weight excluding hydrogens is 432 g/mol. The van der Waals surface area contributed by atoms with Crippen LogP contribution in [0.15, 0.2) is 40.2 Å². The molecule has 1 aromatic carbocycles. The molecule has 5 N–H and O–H groups in total. The summed E-state index contributed by atoms with van der Waals surface area (Å²) in [7, 11) is -9.71. The van der Waals surface area contributed by atoms with E-state index in [9.17, 15) is 4.57 Å². The van der Waals surface area contributed by atoms with Crippen molar-refractivity contribution in [1.82, 2.24) is 0 Å². The lowest BCUT2D eigenvalue weighted by Crippen LogP contribution is -2.07. The predicted octanol–water partition coefficient (Wildman–Crippen LogP) is 4.95. The molecule has 0 aliphatic heterocycles. The zero-order chi connectivity index (χ0) is 21.6. The zero-order valence-electron chi connectivity index (χ0n) is 16.8. The Morgan fingerprint density at radius 1 is 0.828 bits per heavy atom. The van der Waals surface area contributed by atoms with Crippen molar-refractivity contribution in [2.75, 3.05) is 12.3 Å². The number of hydrogen-bond acceptors (Lipinski definition) is 6. The quantitative estimate of drug-likeness (QED) is 0.101. The normalized spacial score (nSPS) is 13.1. The first-order valence-electron chi connectivity index (χ1n) is 10.1. The van der Waals surface area contributed by atoms with Crippen LogP contribution in [-0.2, 0) is 4.57 Å². The van der Waals surface area contributed by atoms with E-state index in [0.717, 1.165) is 19.3 Å². The van der Waals surface area contributed by atoms with Crippen LogP contribution in [-0.4, -0.2) is 42.0 Å². The molecule has 0 atom stereocenters. The van der Waals surface area contributed by atoms with E-state index in [1.807, 2.05) is 17.8 Å². The van der Waals surface area contributed by atoms with Crippen LogP contribution in [0.1, 0.15) is 64.2 Å². The van der Waals surface area contributed by atoms with Crippen molar-refractivity contribution in [2.24, 2.45) is 4.99 Å². The number of aliphatic imine (C=N–C) groups is 1. The second-order valence-electron chi connectivity index (χ2n) is 6.99. The van der Waals surface area contributed by atoms with Crippen LogP contribution in [0, 0.1) is 0 Å². The Labute approximate surface area is 178 Å². The zero-order valence-corrected chi connectivity index (χ0v) is 19.4. The van der Waals surface area contributed by atoms with E-state index >= 15 is 0 Å². The second kappa shape index (κ2) is 14.7. The fourth-order valence-corrected chi connectivity index (χ4v) is 5.78. The van der Waals surface area contributed by atoms with E-state index in [1.54, 1.807) is 0 Å². The van der Waals surface area contributed by atoms with Gasteiger partial charge in [0.05, 0.1) is 0 Å². The van der Waals surface area contributed by atoms with Crippen LogP contribution in [0.25, 0.3) is 0 Å². The lowest BCUT2D eigenvalue weighted by Gasteiger charge is -2.08. The molecule has 7 nitrogen and oxygen atoms in total. The smallest absolute Gasteiger partial charge is 0.317 e. The molecule has 0 spiro atoms. The maximum absolute atomic E-state index is 11.1. The summed E-state index contributed by atoms with van der Waals surface area (Å²) in [5, 5.41) is -1.19. The maximum atomic E-state index is 11.1. The van der Waals surface area contributed by atoms with Crippen LogP contribution in [0.4, 0.5) is 0 Å². The van der Waals surface area contributed by atoms with Gasteiger partial charge < -0.3 is 9.79 Å². The van der Waals surface area contributed by atoms with Gasteiger partial charge in [0.1, 0.15) is 0 Å². The van der Waals surface area contributed by atoms with Crippen molar-refractivity contribution in [1.29, 1.82) is 0 Å². The molecule has 1 aromatic rings. The second-order valence-corrected chi connectivity index (χ2v) is 11.6. The van der Waals surface area contributed by atoms with Gasteiger partial charge in [-0.2, -0.15) is 14.7 Å². The Hall–Kier alpha value is -0.300. The minimum atomic E-state index is -4.95. The topological polar surface area (TPSA) is 131 Å². The molecule has 0 fully saturated rings. The maximum Gasteiger partial charge on any atom is 0.469 e. The monoisotopic (exact) mass is 466 g/mol. The predicted molar refractivity (Wildman–Crippen MR) is 121 cm³/mol. The molecule has 0 heterocycles. The van der Waals surface area contributed by atoms with Crippen molar-refractivity contribution < 1.29 is 29.0 Å². The Bertz CT molecular complexity index is 633. The molecule has 0 saturated heterocycles. The average molecular weight is 466 g/mol.